The van der Waals surface area contributed by atoms with E-state index in [9.17, 15) is 4.79 Å². The number of rotatable bonds is 4. The number of carbonyl (C=O) groups is 1. The van der Waals surface area contributed by atoms with Gasteiger partial charge in [0, 0.05) is 25.7 Å². The third-order valence-electron chi connectivity index (χ3n) is 3.93. The molecule has 3 N–H and O–H groups in total. The van der Waals surface area contributed by atoms with Gasteiger partial charge in [-0.15, -0.1) is 0 Å². The molecule has 19 heavy (non-hydrogen) atoms. The summed E-state index contributed by atoms with van der Waals surface area (Å²) in [6, 6.07) is 8.27. The molecule has 0 bridgehead atoms. The molecule has 0 fully saturated rings. The van der Waals surface area contributed by atoms with Crippen LogP contribution in [0.4, 0.5) is 0 Å². The molecular formula is C15H23N3O. The van der Waals surface area contributed by atoms with Crippen molar-refractivity contribution in [1.29, 1.82) is 0 Å². The molecule has 0 aromatic heterocycles. The molecule has 1 aliphatic rings. The van der Waals surface area contributed by atoms with Gasteiger partial charge in [-0.05, 0) is 31.4 Å². The number of likely N-dealkylation sites (N-methyl/N-ethyl adjacent to an activating group) is 1. The van der Waals surface area contributed by atoms with Gasteiger partial charge in [-0.2, -0.15) is 0 Å². The Hall–Kier alpha value is -1.39. The average Bonchev–Trinajstić information content (AvgIpc) is 2.74. The predicted molar refractivity (Wildman–Crippen MR) is 76.6 cm³/mol. The molecule has 0 saturated carbocycles. The minimum Gasteiger partial charge on any atom is -0.345 e. The van der Waals surface area contributed by atoms with Gasteiger partial charge in [-0.1, -0.05) is 24.3 Å². The van der Waals surface area contributed by atoms with Crippen molar-refractivity contribution in [2.45, 2.75) is 38.4 Å². The lowest BCUT2D eigenvalue weighted by atomic mass is 10.1. The van der Waals surface area contributed by atoms with E-state index in [0.29, 0.717) is 0 Å². The van der Waals surface area contributed by atoms with Crippen molar-refractivity contribution in [1.82, 2.24) is 10.2 Å². The molecule has 1 aromatic carbocycles. The van der Waals surface area contributed by atoms with Crippen LogP contribution in [0.1, 0.15) is 43.5 Å². The number of carbonyl (C=O) groups excluding carboxylic acids is 1. The van der Waals surface area contributed by atoms with Crippen LogP contribution in [-0.4, -0.2) is 30.4 Å². The van der Waals surface area contributed by atoms with Gasteiger partial charge in [0.15, 0.2) is 0 Å². The first-order chi connectivity index (χ1) is 9.04. The summed E-state index contributed by atoms with van der Waals surface area (Å²) in [6.45, 7) is 4.62. The van der Waals surface area contributed by atoms with Crippen LogP contribution in [0.5, 0.6) is 0 Å². The first-order valence-corrected chi connectivity index (χ1v) is 6.90. The minimum atomic E-state index is -0.187. The maximum absolute atomic E-state index is 12.1. The number of hydrogen-bond acceptors (Lipinski definition) is 3. The smallest absolute Gasteiger partial charge is 0.239 e. The van der Waals surface area contributed by atoms with Crippen molar-refractivity contribution in [3.63, 3.8) is 0 Å². The van der Waals surface area contributed by atoms with E-state index >= 15 is 0 Å². The van der Waals surface area contributed by atoms with Crippen molar-refractivity contribution in [3.05, 3.63) is 35.4 Å². The summed E-state index contributed by atoms with van der Waals surface area (Å²) >= 11 is 0. The second-order valence-electron chi connectivity index (χ2n) is 5.26. The molecule has 3 atom stereocenters. The number of benzene rings is 1. The Balaban J connectivity index is 2.07. The SMILES string of the molecule is CCN(C)C(=O)C(C)NC1CC(N)c2ccccc21. The number of fused-ring (bicyclic) bond motifs is 1. The summed E-state index contributed by atoms with van der Waals surface area (Å²) in [5.74, 6) is 0.125. The third-order valence-corrected chi connectivity index (χ3v) is 3.93. The highest BCUT2D eigenvalue weighted by Gasteiger charge is 2.30. The molecule has 0 radical (unpaired) electrons. The highest BCUT2D eigenvalue weighted by molar-refractivity contribution is 5.81. The van der Waals surface area contributed by atoms with E-state index in [4.69, 9.17) is 5.73 Å². The van der Waals surface area contributed by atoms with Crippen LogP contribution < -0.4 is 11.1 Å². The zero-order valence-corrected chi connectivity index (χ0v) is 11.9. The second kappa shape index (κ2) is 5.72. The van der Waals surface area contributed by atoms with Crippen LogP contribution in [0.15, 0.2) is 24.3 Å². The summed E-state index contributed by atoms with van der Waals surface area (Å²) in [6.07, 6.45) is 0.854. The van der Waals surface area contributed by atoms with Gasteiger partial charge in [-0.3, -0.25) is 10.1 Å². The van der Waals surface area contributed by atoms with Crippen LogP contribution in [0.3, 0.4) is 0 Å². The van der Waals surface area contributed by atoms with Crippen LogP contribution in [-0.2, 0) is 4.79 Å². The lowest BCUT2D eigenvalue weighted by Crippen LogP contribution is -2.44. The molecule has 0 saturated heterocycles. The summed E-state index contributed by atoms with van der Waals surface area (Å²) < 4.78 is 0. The van der Waals surface area contributed by atoms with Gasteiger partial charge >= 0.3 is 0 Å². The molecular weight excluding hydrogens is 238 g/mol. The van der Waals surface area contributed by atoms with E-state index in [1.54, 1.807) is 4.90 Å². The van der Waals surface area contributed by atoms with Gasteiger partial charge in [0.25, 0.3) is 0 Å². The summed E-state index contributed by atoms with van der Waals surface area (Å²) in [5, 5.41) is 3.41. The van der Waals surface area contributed by atoms with E-state index < -0.39 is 0 Å². The second-order valence-corrected chi connectivity index (χ2v) is 5.26. The van der Waals surface area contributed by atoms with E-state index in [1.807, 2.05) is 33.0 Å². The maximum atomic E-state index is 12.1. The third kappa shape index (κ3) is 2.80. The Bertz CT molecular complexity index is 460. The average molecular weight is 261 g/mol. The Labute approximate surface area is 115 Å². The Kier molecular flexibility index (Phi) is 4.22. The van der Waals surface area contributed by atoms with Gasteiger partial charge in [0.2, 0.25) is 5.91 Å². The van der Waals surface area contributed by atoms with Gasteiger partial charge in [-0.25, -0.2) is 0 Å². The molecule has 3 unspecified atom stereocenters. The quantitative estimate of drug-likeness (QED) is 0.865. The first-order valence-electron chi connectivity index (χ1n) is 6.90. The Morgan fingerprint density at radius 1 is 1.47 bits per heavy atom. The molecule has 0 heterocycles. The first kappa shape index (κ1) is 14.0. The molecule has 104 valence electrons. The Morgan fingerprint density at radius 3 is 2.74 bits per heavy atom. The van der Waals surface area contributed by atoms with E-state index in [0.717, 1.165) is 13.0 Å². The van der Waals surface area contributed by atoms with E-state index in [1.165, 1.54) is 11.1 Å². The number of hydrogen-bond donors (Lipinski definition) is 2. The molecule has 1 aliphatic carbocycles. The predicted octanol–water partition coefficient (Wildman–Crippen LogP) is 1.59. The van der Waals surface area contributed by atoms with Crippen LogP contribution in [0.25, 0.3) is 0 Å². The summed E-state index contributed by atoms with van der Waals surface area (Å²) in [7, 11) is 1.83. The van der Waals surface area contributed by atoms with Crippen molar-refractivity contribution in [2.24, 2.45) is 5.73 Å². The zero-order valence-electron chi connectivity index (χ0n) is 11.9. The van der Waals surface area contributed by atoms with Crippen molar-refractivity contribution < 1.29 is 4.79 Å². The van der Waals surface area contributed by atoms with E-state index in [2.05, 4.69) is 17.4 Å². The zero-order chi connectivity index (χ0) is 14.0. The topological polar surface area (TPSA) is 58.4 Å². The number of nitrogens with zero attached hydrogens (tertiary/aromatic N) is 1. The molecule has 0 spiro atoms. The fourth-order valence-electron chi connectivity index (χ4n) is 2.69. The Morgan fingerprint density at radius 2 is 2.11 bits per heavy atom. The number of nitrogens with one attached hydrogen (secondary N) is 1. The normalized spacial score (nSPS) is 22.9. The molecule has 4 heteroatoms. The fourth-order valence-corrected chi connectivity index (χ4v) is 2.69. The van der Waals surface area contributed by atoms with Gasteiger partial charge < -0.3 is 10.6 Å². The largest absolute Gasteiger partial charge is 0.345 e. The van der Waals surface area contributed by atoms with Crippen LogP contribution >= 0.6 is 0 Å². The van der Waals surface area contributed by atoms with Crippen molar-refractivity contribution in [2.75, 3.05) is 13.6 Å². The standard InChI is InChI=1S/C15H23N3O/c1-4-18(3)15(19)10(2)17-14-9-13(16)11-7-5-6-8-12(11)14/h5-8,10,13-14,17H,4,9,16H2,1-3H3. The van der Waals surface area contributed by atoms with Crippen molar-refractivity contribution >= 4 is 5.91 Å². The molecule has 1 aromatic rings. The molecule has 2 rings (SSSR count). The van der Waals surface area contributed by atoms with Gasteiger partial charge in [0.05, 0.1) is 6.04 Å². The highest BCUT2D eigenvalue weighted by Crippen LogP contribution is 2.37. The lowest BCUT2D eigenvalue weighted by Gasteiger charge is -2.24. The molecule has 4 nitrogen and oxygen atoms in total. The lowest BCUT2D eigenvalue weighted by molar-refractivity contribution is -0.131. The summed E-state index contributed by atoms with van der Waals surface area (Å²) in [4.78, 5) is 13.8. The number of amides is 1. The van der Waals surface area contributed by atoms with Crippen LogP contribution in [0.2, 0.25) is 0 Å². The van der Waals surface area contributed by atoms with E-state index in [-0.39, 0.29) is 24.0 Å². The van der Waals surface area contributed by atoms with Crippen LogP contribution in [0, 0.1) is 0 Å². The molecule has 0 aliphatic heterocycles. The van der Waals surface area contributed by atoms with Gasteiger partial charge in [0.1, 0.15) is 0 Å². The number of nitrogens with two attached hydrogens (primary N) is 1. The summed E-state index contributed by atoms with van der Waals surface area (Å²) in [5.41, 5.74) is 8.57. The van der Waals surface area contributed by atoms with Crippen molar-refractivity contribution in [3.8, 4) is 0 Å². The highest BCUT2D eigenvalue weighted by atomic mass is 16.2. The molecule has 1 amide bonds. The minimum absolute atomic E-state index is 0.0694. The maximum Gasteiger partial charge on any atom is 0.239 e. The fraction of sp³-hybridized carbons (Fsp3) is 0.533. The monoisotopic (exact) mass is 261 g/mol.